The van der Waals surface area contributed by atoms with E-state index in [1.807, 2.05) is 0 Å². The number of aromatic amines is 1. The molecule has 1 aromatic heterocycles. The van der Waals surface area contributed by atoms with Crippen molar-refractivity contribution in [3.8, 4) is 5.75 Å². The van der Waals surface area contributed by atoms with E-state index in [1.165, 1.54) is 38.3 Å². The molecule has 0 aliphatic rings. The van der Waals surface area contributed by atoms with Crippen molar-refractivity contribution >= 4 is 34.0 Å². The second-order valence-corrected chi connectivity index (χ2v) is 6.13. The summed E-state index contributed by atoms with van der Waals surface area (Å²) in [5.74, 6) is -1.47. The van der Waals surface area contributed by atoms with Gasteiger partial charge < -0.3 is 14.8 Å². The molecule has 0 bridgehead atoms. The van der Waals surface area contributed by atoms with Gasteiger partial charge in [-0.2, -0.15) is 5.10 Å². The van der Waals surface area contributed by atoms with E-state index < -0.39 is 28.5 Å². The van der Waals surface area contributed by atoms with E-state index in [1.54, 1.807) is 12.1 Å². The number of esters is 1. The first-order valence-corrected chi connectivity index (χ1v) is 8.63. The van der Waals surface area contributed by atoms with Crippen LogP contribution in [0.3, 0.4) is 0 Å². The monoisotopic (exact) mass is 412 g/mol. The Kier molecular flexibility index (Phi) is 5.72. The summed E-state index contributed by atoms with van der Waals surface area (Å²) in [6.45, 7) is 1.32. The minimum atomic E-state index is -1.27. The number of benzene rings is 2. The first kappa shape index (κ1) is 20.5. The Morgan fingerprint density at radius 3 is 2.57 bits per heavy atom. The third kappa shape index (κ3) is 4.09. The Bertz CT molecular complexity index is 1200. The summed E-state index contributed by atoms with van der Waals surface area (Å²) in [6.07, 6.45) is -1.27. The van der Waals surface area contributed by atoms with Crippen LogP contribution in [0, 0.1) is 10.1 Å². The SMILES string of the molecule is COc1ccc([N+](=O)[O-])cc1NC(=O)C(C)OC(=O)c1n[nH]c(=O)c2ccccc12. The summed E-state index contributed by atoms with van der Waals surface area (Å²) < 4.78 is 10.2. The maximum atomic E-state index is 12.5. The fraction of sp³-hybridized carbons (Fsp3) is 0.158. The Morgan fingerprint density at radius 2 is 1.90 bits per heavy atom. The standard InChI is InChI=1S/C19H16N4O7/c1-10(17(24)20-14-9-11(23(27)28)7-8-15(14)29-2)30-19(26)16-12-5-3-4-6-13(12)18(25)22-21-16/h3-10H,1-2H3,(H,20,24)(H,22,25). The summed E-state index contributed by atoms with van der Waals surface area (Å²) in [5, 5.41) is 19.9. The van der Waals surface area contributed by atoms with Gasteiger partial charge in [-0.1, -0.05) is 18.2 Å². The van der Waals surface area contributed by atoms with Gasteiger partial charge in [0.15, 0.2) is 11.8 Å². The van der Waals surface area contributed by atoms with Gasteiger partial charge in [-0.3, -0.25) is 19.7 Å². The third-order valence-corrected chi connectivity index (χ3v) is 4.19. The number of non-ortho nitro benzene ring substituents is 1. The van der Waals surface area contributed by atoms with Gasteiger partial charge in [0.2, 0.25) is 0 Å². The first-order valence-electron chi connectivity index (χ1n) is 8.63. The first-order chi connectivity index (χ1) is 14.3. The summed E-state index contributed by atoms with van der Waals surface area (Å²) in [7, 11) is 1.34. The van der Waals surface area contributed by atoms with Crippen molar-refractivity contribution in [1.82, 2.24) is 10.2 Å². The van der Waals surface area contributed by atoms with Gasteiger partial charge >= 0.3 is 5.97 Å². The van der Waals surface area contributed by atoms with Crippen LogP contribution in [0.15, 0.2) is 47.3 Å². The van der Waals surface area contributed by atoms with E-state index in [0.29, 0.717) is 0 Å². The third-order valence-electron chi connectivity index (χ3n) is 4.19. The van der Waals surface area contributed by atoms with Gasteiger partial charge in [0, 0.05) is 17.5 Å². The Hall–Kier alpha value is -4.28. The molecule has 11 nitrogen and oxygen atoms in total. The second-order valence-electron chi connectivity index (χ2n) is 6.13. The molecule has 0 aliphatic heterocycles. The van der Waals surface area contributed by atoms with Crippen LogP contribution in [0.4, 0.5) is 11.4 Å². The Morgan fingerprint density at radius 1 is 1.20 bits per heavy atom. The zero-order valence-corrected chi connectivity index (χ0v) is 15.9. The quantitative estimate of drug-likeness (QED) is 0.354. The number of nitro benzene ring substituents is 1. The van der Waals surface area contributed by atoms with E-state index >= 15 is 0 Å². The molecule has 0 saturated carbocycles. The summed E-state index contributed by atoms with van der Waals surface area (Å²) in [6, 6.07) is 10.0. The van der Waals surface area contributed by atoms with Crippen LogP contribution in [0.1, 0.15) is 17.4 Å². The minimum Gasteiger partial charge on any atom is -0.495 e. The molecule has 2 N–H and O–H groups in total. The molecule has 3 rings (SSSR count). The van der Waals surface area contributed by atoms with Gasteiger partial charge in [0.05, 0.1) is 23.1 Å². The molecule has 11 heteroatoms. The lowest BCUT2D eigenvalue weighted by atomic mass is 10.1. The van der Waals surface area contributed by atoms with Crippen molar-refractivity contribution in [3.05, 3.63) is 68.6 Å². The van der Waals surface area contributed by atoms with E-state index in [-0.39, 0.29) is 33.6 Å². The fourth-order valence-electron chi connectivity index (χ4n) is 2.68. The van der Waals surface area contributed by atoms with E-state index in [0.717, 1.165) is 6.07 Å². The van der Waals surface area contributed by atoms with Crippen LogP contribution in [0.25, 0.3) is 10.8 Å². The molecule has 0 aliphatic carbocycles. The van der Waals surface area contributed by atoms with Crippen LogP contribution >= 0.6 is 0 Å². The summed E-state index contributed by atoms with van der Waals surface area (Å²) in [5.41, 5.74) is -0.824. The van der Waals surface area contributed by atoms with E-state index in [9.17, 15) is 24.5 Å². The van der Waals surface area contributed by atoms with Gasteiger partial charge in [0.1, 0.15) is 5.75 Å². The lowest BCUT2D eigenvalue weighted by molar-refractivity contribution is -0.384. The average Bonchev–Trinajstić information content (AvgIpc) is 2.73. The number of hydrogen-bond donors (Lipinski definition) is 2. The molecule has 0 saturated heterocycles. The van der Waals surface area contributed by atoms with E-state index in [2.05, 4.69) is 15.5 Å². The highest BCUT2D eigenvalue weighted by Gasteiger charge is 2.23. The number of carbonyl (C=O) groups is 2. The van der Waals surface area contributed by atoms with Crippen molar-refractivity contribution in [2.45, 2.75) is 13.0 Å². The highest BCUT2D eigenvalue weighted by atomic mass is 16.6. The van der Waals surface area contributed by atoms with Gasteiger partial charge in [-0.05, 0) is 19.1 Å². The average molecular weight is 412 g/mol. The number of carbonyl (C=O) groups excluding carboxylic acids is 2. The number of amides is 1. The molecule has 154 valence electrons. The molecule has 3 aromatic rings. The van der Waals surface area contributed by atoms with Crippen molar-refractivity contribution in [2.24, 2.45) is 0 Å². The van der Waals surface area contributed by atoms with Gasteiger partial charge in [0.25, 0.3) is 17.2 Å². The summed E-state index contributed by atoms with van der Waals surface area (Å²) in [4.78, 5) is 47.1. The minimum absolute atomic E-state index is 0.0483. The maximum absolute atomic E-state index is 12.5. The normalized spacial score (nSPS) is 11.5. The van der Waals surface area contributed by atoms with Crippen molar-refractivity contribution in [3.63, 3.8) is 0 Å². The number of ether oxygens (including phenoxy) is 2. The predicted octanol–water partition coefficient (Wildman–Crippen LogP) is 2.02. The molecular formula is C19H16N4O7. The molecule has 0 spiro atoms. The lowest BCUT2D eigenvalue weighted by Crippen LogP contribution is -2.30. The number of aromatic nitrogens is 2. The molecule has 0 radical (unpaired) electrons. The smallest absolute Gasteiger partial charge is 0.360 e. The predicted molar refractivity (Wildman–Crippen MR) is 106 cm³/mol. The number of nitrogens with zero attached hydrogens (tertiary/aromatic N) is 2. The molecule has 0 fully saturated rings. The zero-order valence-electron chi connectivity index (χ0n) is 15.9. The molecule has 1 atom stereocenters. The highest BCUT2D eigenvalue weighted by molar-refractivity contribution is 6.03. The number of nitro groups is 1. The maximum Gasteiger partial charge on any atom is 0.360 e. The lowest BCUT2D eigenvalue weighted by Gasteiger charge is -2.15. The molecule has 1 heterocycles. The van der Waals surface area contributed by atoms with Crippen LogP contribution in [-0.4, -0.2) is 40.2 Å². The highest BCUT2D eigenvalue weighted by Crippen LogP contribution is 2.29. The fourth-order valence-corrected chi connectivity index (χ4v) is 2.68. The van der Waals surface area contributed by atoms with Crippen LogP contribution in [-0.2, 0) is 9.53 Å². The number of nitrogens with one attached hydrogen (secondary N) is 2. The summed E-state index contributed by atoms with van der Waals surface area (Å²) >= 11 is 0. The van der Waals surface area contributed by atoms with E-state index in [4.69, 9.17) is 9.47 Å². The number of methoxy groups -OCH3 is 1. The van der Waals surface area contributed by atoms with Crippen LogP contribution < -0.4 is 15.6 Å². The van der Waals surface area contributed by atoms with Crippen LogP contribution in [0.5, 0.6) is 5.75 Å². The number of rotatable bonds is 6. The Labute approximate surface area is 168 Å². The van der Waals surface area contributed by atoms with Gasteiger partial charge in [-0.25, -0.2) is 9.89 Å². The van der Waals surface area contributed by atoms with Crippen LogP contribution in [0.2, 0.25) is 0 Å². The largest absolute Gasteiger partial charge is 0.495 e. The number of hydrogen-bond acceptors (Lipinski definition) is 8. The molecular weight excluding hydrogens is 396 g/mol. The molecule has 30 heavy (non-hydrogen) atoms. The van der Waals surface area contributed by atoms with Crippen molar-refractivity contribution in [2.75, 3.05) is 12.4 Å². The Balaban J connectivity index is 1.79. The number of fused-ring (bicyclic) bond motifs is 1. The van der Waals surface area contributed by atoms with Crippen molar-refractivity contribution < 1.29 is 24.0 Å². The number of anilines is 1. The second kappa shape index (κ2) is 8.39. The number of H-pyrrole nitrogens is 1. The zero-order chi connectivity index (χ0) is 21.8. The molecule has 1 amide bonds. The molecule has 2 aromatic carbocycles. The topological polar surface area (TPSA) is 154 Å². The molecule has 1 unspecified atom stereocenters. The van der Waals surface area contributed by atoms with Crippen molar-refractivity contribution in [1.29, 1.82) is 0 Å². The van der Waals surface area contributed by atoms with Gasteiger partial charge in [-0.15, -0.1) is 0 Å².